The number of nitrogens with zero attached hydrogens (tertiary/aromatic N) is 1. The third-order valence-corrected chi connectivity index (χ3v) is 3.24. The molecule has 0 aromatic carbocycles. The van der Waals surface area contributed by atoms with Crippen LogP contribution in [0.3, 0.4) is 0 Å². The van der Waals surface area contributed by atoms with Crippen LogP contribution in [0.5, 0.6) is 0 Å². The van der Waals surface area contributed by atoms with Crippen LogP contribution < -0.4 is 0 Å². The monoisotopic (exact) mass is 199 g/mol. The van der Waals surface area contributed by atoms with Crippen molar-refractivity contribution in [2.24, 2.45) is 11.3 Å². The molecular formula is C13H29N. The maximum absolute atomic E-state index is 2.43. The van der Waals surface area contributed by atoms with Crippen molar-refractivity contribution < 1.29 is 0 Å². The van der Waals surface area contributed by atoms with Crippen LogP contribution in [0.2, 0.25) is 0 Å². The first-order valence-electron chi connectivity index (χ1n) is 6.24. The Balaban J connectivity index is 0.000000791. The summed E-state index contributed by atoms with van der Waals surface area (Å²) in [5.41, 5.74) is 0.651. The molecule has 0 bridgehead atoms. The van der Waals surface area contributed by atoms with E-state index in [2.05, 4.69) is 32.7 Å². The van der Waals surface area contributed by atoms with Gasteiger partial charge >= 0.3 is 0 Å². The summed E-state index contributed by atoms with van der Waals surface area (Å²) >= 11 is 0. The Bertz CT molecular complexity index is 136. The lowest BCUT2D eigenvalue weighted by molar-refractivity contribution is 0.0265. The first kappa shape index (κ1) is 14.0. The maximum Gasteiger partial charge on any atom is 0.00448 e. The first-order chi connectivity index (χ1) is 6.56. The minimum atomic E-state index is 0.651. The minimum absolute atomic E-state index is 0.651. The fourth-order valence-corrected chi connectivity index (χ4v) is 2.21. The van der Waals surface area contributed by atoms with E-state index in [1.54, 1.807) is 0 Å². The van der Waals surface area contributed by atoms with Gasteiger partial charge in [0.05, 0.1) is 0 Å². The molecule has 0 saturated carbocycles. The molecule has 86 valence electrons. The molecule has 1 aliphatic rings. The van der Waals surface area contributed by atoms with Crippen molar-refractivity contribution in [3.63, 3.8) is 0 Å². The van der Waals surface area contributed by atoms with Crippen molar-refractivity contribution in [2.75, 3.05) is 20.1 Å². The molecule has 1 rings (SSSR count). The van der Waals surface area contributed by atoms with Gasteiger partial charge in [-0.3, -0.25) is 0 Å². The number of rotatable bonds is 4. The Kier molecular flexibility index (Phi) is 6.43. The van der Waals surface area contributed by atoms with Gasteiger partial charge in [-0.05, 0) is 24.8 Å². The molecule has 1 fully saturated rings. The third kappa shape index (κ3) is 4.45. The molecule has 1 nitrogen and oxygen atoms in total. The molecule has 0 spiro atoms. The van der Waals surface area contributed by atoms with Crippen LogP contribution in [0.25, 0.3) is 0 Å². The Morgan fingerprint density at radius 2 is 1.79 bits per heavy atom. The summed E-state index contributed by atoms with van der Waals surface area (Å²) in [6, 6.07) is 0. The van der Waals surface area contributed by atoms with Gasteiger partial charge in [-0.1, -0.05) is 47.5 Å². The first-order valence-corrected chi connectivity index (χ1v) is 6.24. The van der Waals surface area contributed by atoms with Crippen molar-refractivity contribution in [3.8, 4) is 0 Å². The third-order valence-electron chi connectivity index (χ3n) is 3.24. The smallest absolute Gasteiger partial charge is 0.00448 e. The largest absolute Gasteiger partial charge is 0.305 e. The lowest BCUT2D eigenvalue weighted by Crippen LogP contribution is -2.52. The molecule has 1 saturated heterocycles. The molecule has 1 heteroatoms. The quantitative estimate of drug-likeness (QED) is 0.666. The maximum atomic E-state index is 2.43. The highest BCUT2D eigenvalue weighted by atomic mass is 15.2. The van der Waals surface area contributed by atoms with Crippen molar-refractivity contribution >= 4 is 0 Å². The van der Waals surface area contributed by atoms with Crippen LogP contribution in [0.15, 0.2) is 0 Å². The van der Waals surface area contributed by atoms with Gasteiger partial charge in [0.15, 0.2) is 0 Å². The standard InChI is InChI=1S/C11H23N.C2H6/c1-5-10(2)6-7-11(3)8-12(4)9-11;1-2/h10H,5-9H2,1-4H3;1-2H3. The lowest BCUT2D eigenvalue weighted by Gasteiger charge is -2.46. The zero-order chi connectivity index (χ0) is 11.2. The van der Waals surface area contributed by atoms with Crippen molar-refractivity contribution in [3.05, 3.63) is 0 Å². The van der Waals surface area contributed by atoms with Crippen LogP contribution in [0.1, 0.15) is 53.9 Å². The average Bonchev–Trinajstić information content (AvgIpc) is 2.15. The number of hydrogen-bond acceptors (Lipinski definition) is 1. The van der Waals surface area contributed by atoms with Crippen LogP contribution in [-0.4, -0.2) is 25.0 Å². The van der Waals surface area contributed by atoms with Gasteiger partial charge in [-0.2, -0.15) is 0 Å². The summed E-state index contributed by atoms with van der Waals surface area (Å²) in [5.74, 6) is 0.924. The van der Waals surface area contributed by atoms with E-state index >= 15 is 0 Å². The molecule has 1 heterocycles. The number of hydrogen-bond donors (Lipinski definition) is 0. The molecular weight excluding hydrogens is 170 g/mol. The van der Waals surface area contributed by atoms with E-state index < -0.39 is 0 Å². The van der Waals surface area contributed by atoms with Crippen molar-refractivity contribution in [2.45, 2.75) is 53.9 Å². The Morgan fingerprint density at radius 3 is 2.14 bits per heavy atom. The molecule has 0 amide bonds. The second-order valence-corrected chi connectivity index (χ2v) is 5.04. The van der Waals surface area contributed by atoms with Crippen LogP contribution in [0.4, 0.5) is 0 Å². The zero-order valence-electron chi connectivity index (χ0n) is 11.1. The van der Waals surface area contributed by atoms with Gasteiger partial charge in [0.1, 0.15) is 0 Å². The molecule has 0 radical (unpaired) electrons. The average molecular weight is 199 g/mol. The minimum Gasteiger partial charge on any atom is -0.305 e. The summed E-state index contributed by atoms with van der Waals surface area (Å²) in [6.07, 6.45) is 4.18. The Labute approximate surface area is 90.9 Å². The van der Waals surface area contributed by atoms with E-state index in [4.69, 9.17) is 0 Å². The molecule has 14 heavy (non-hydrogen) atoms. The summed E-state index contributed by atoms with van der Waals surface area (Å²) < 4.78 is 0. The normalized spacial score (nSPS) is 21.9. The molecule has 1 unspecified atom stereocenters. The molecule has 1 atom stereocenters. The molecule has 1 aliphatic heterocycles. The van der Waals surface area contributed by atoms with Crippen LogP contribution in [-0.2, 0) is 0 Å². The van der Waals surface area contributed by atoms with E-state index in [0.717, 1.165) is 5.92 Å². The van der Waals surface area contributed by atoms with E-state index in [1.165, 1.54) is 32.4 Å². The van der Waals surface area contributed by atoms with Crippen LogP contribution in [0, 0.1) is 11.3 Å². The van der Waals surface area contributed by atoms with Crippen molar-refractivity contribution in [1.29, 1.82) is 0 Å². The summed E-state index contributed by atoms with van der Waals surface area (Å²) in [6.45, 7) is 13.7. The summed E-state index contributed by atoms with van der Waals surface area (Å²) in [7, 11) is 2.21. The predicted octanol–water partition coefficient (Wildman–Crippen LogP) is 3.79. The lowest BCUT2D eigenvalue weighted by atomic mass is 9.76. The molecule has 0 aromatic rings. The highest BCUT2D eigenvalue weighted by Gasteiger charge is 2.35. The fraction of sp³-hybridized carbons (Fsp3) is 1.00. The molecule has 0 aliphatic carbocycles. The zero-order valence-corrected chi connectivity index (χ0v) is 11.1. The van der Waals surface area contributed by atoms with Crippen LogP contribution >= 0.6 is 0 Å². The number of likely N-dealkylation sites (tertiary alicyclic amines) is 1. The Hall–Kier alpha value is -0.0400. The SMILES string of the molecule is CC.CCC(C)CCC1(C)CN(C)C1. The van der Waals surface area contributed by atoms with E-state index in [0.29, 0.717) is 5.41 Å². The highest BCUT2D eigenvalue weighted by molar-refractivity contribution is 4.89. The molecule has 0 N–H and O–H groups in total. The predicted molar refractivity (Wildman–Crippen MR) is 65.6 cm³/mol. The molecule has 0 aromatic heterocycles. The second kappa shape index (κ2) is 6.44. The second-order valence-electron chi connectivity index (χ2n) is 5.04. The Morgan fingerprint density at radius 1 is 1.29 bits per heavy atom. The van der Waals surface area contributed by atoms with Crippen molar-refractivity contribution in [1.82, 2.24) is 4.90 Å². The topological polar surface area (TPSA) is 3.24 Å². The van der Waals surface area contributed by atoms with Gasteiger partial charge in [0.2, 0.25) is 0 Å². The fourth-order valence-electron chi connectivity index (χ4n) is 2.21. The van der Waals surface area contributed by atoms with E-state index in [-0.39, 0.29) is 0 Å². The summed E-state index contributed by atoms with van der Waals surface area (Å²) in [5, 5.41) is 0. The van der Waals surface area contributed by atoms with Gasteiger partial charge < -0.3 is 4.90 Å². The van der Waals surface area contributed by atoms with Gasteiger partial charge in [0.25, 0.3) is 0 Å². The van der Waals surface area contributed by atoms with Gasteiger partial charge in [-0.25, -0.2) is 0 Å². The highest BCUT2D eigenvalue weighted by Crippen LogP contribution is 2.34. The van der Waals surface area contributed by atoms with E-state index in [1.807, 2.05) is 13.8 Å². The summed E-state index contributed by atoms with van der Waals surface area (Å²) in [4.78, 5) is 2.41. The van der Waals surface area contributed by atoms with Gasteiger partial charge in [-0.15, -0.1) is 0 Å². The van der Waals surface area contributed by atoms with Gasteiger partial charge in [0, 0.05) is 13.1 Å². The van der Waals surface area contributed by atoms with E-state index in [9.17, 15) is 0 Å².